The molecule has 4 nitrogen and oxygen atoms in total. The van der Waals surface area contributed by atoms with Crippen molar-refractivity contribution in [2.75, 3.05) is 19.6 Å². The number of aromatic nitrogens is 2. The summed E-state index contributed by atoms with van der Waals surface area (Å²) in [7, 11) is 0. The van der Waals surface area contributed by atoms with Crippen molar-refractivity contribution in [3.8, 4) is 0 Å². The SMILES string of the molecule is CCCn1ccnc1CN1CCC(CN)C1. The Balaban J connectivity index is 1.91. The first kappa shape index (κ1) is 11.6. The predicted molar refractivity (Wildman–Crippen MR) is 65.0 cm³/mol. The van der Waals surface area contributed by atoms with Gasteiger partial charge in [0.25, 0.3) is 0 Å². The van der Waals surface area contributed by atoms with E-state index in [2.05, 4.69) is 27.6 Å². The fourth-order valence-electron chi connectivity index (χ4n) is 2.39. The first-order chi connectivity index (χ1) is 7.83. The predicted octanol–water partition coefficient (Wildman–Crippen LogP) is 1.07. The van der Waals surface area contributed by atoms with E-state index in [0.29, 0.717) is 5.92 Å². The molecule has 1 fully saturated rings. The van der Waals surface area contributed by atoms with Crippen LogP contribution in [0.4, 0.5) is 0 Å². The van der Waals surface area contributed by atoms with Crippen molar-refractivity contribution in [1.29, 1.82) is 0 Å². The fraction of sp³-hybridized carbons (Fsp3) is 0.750. The molecule has 2 heterocycles. The molecular formula is C12H22N4. The highest BCUT2D eigenvalue weighted by Crippen LogP contribution is 2.17. The van der Waals surface area contributed by atoms with Crippen LogP contribution < -0.4 is 5.73 Å². The Bertz CT molecular complexity index is 321. The lowest BCUT2D eigenvalue weighted by atomic mass is 10.1. The molecule has 16 heavy (non-hydrogen) atoms. The molecule has 1 aliphatic rings. The molecule has 1 aromatic heterocycles. The third-order valence-electron chi connectivity index (χ3n) is 3.33. The van der Waals surface area contributed by atoms with Gasteiger partial charge in [-0.25, -0.2) is 4.98 Å². The molecule has 0 radical (unpaired) electrons. The molecule has 1 unspecified atom stereocenters. The third-order valence-corrected chi connectivity index (χ3v) is 3.33. The number of hydrogen-bond acceptors (Lipinski definition) is 3. The summed E-state index contributed by atoms with van der Waals surface area (Å²) in [6.45, 7) is 7.37. The second-order valence-corrected chi connectivity index (χ2v) is 4.66. The van der Waals surface area contributed by atoms with Crippen molar-refractivity contribution in [2.24, 2.45) is 11.7 Å². The van der Waals surface area contributed by atoms with Crippen molar-refractivity contribution in [2.45, 2.75) is 32.9 Å². The number of nitrogens with two attached hydrogens (primary N) is 1. The summed E-state index contributed by atoms with van der Waals surface area (Å²) < 4.78 is 2.26. The van der Waals surface area contributed by atoms with Gasteiger partial charge in [-0.05, 0) is 31.8 Å². The maximum absolute atomic E-state index is 5.70. The minimum absolute atomic E-state index is 0.689. The van der Waals surface area contributed by atoms with Crippen molar-refractivity contribution < 1.29 is 0 Å². The first-order valence-electron chi connectivity index (χ1n) is 6.26. The Morgan fingerprint density at radius 1 is 1.56 bits per heavy atom. The number of likely N-dealkylation sites (tertiary alicyclic amines) is 1. The van der Waals surface area contributed by atoms with E-state index in [4.69, 9.17) is 5.73 Å². The average molecular weight is 222 g/mol. The Kier molecular flexibility index (Phi) is 3.96. The summed E-state index contributed by atoms with van der Waals surface area (Å²) in [5.74, 6) is 1.88. The lowest BCUT2D eigenvalue weighted by Crippen LogP contribution is -2.24. The Labute approximate surface area is 97.4 Å². The van der Waals surface area contributed by atoms with E-state index in [1.165, 1.54) is 18.8 Å². The standard InChI is InChI=1S/C12H22N4/c1-2-5-16-7-4-14-12(16)10-15-6-3-11(8-13)9-15/h4,7,11H,2-3,5-6,8-10,13H2,1H3. The number of aryl methyl sites for hydroxylation is 1. The van der Waals surface area contributed by atoms with E-state index in [1.807, 2.05) is 6.20 Å². The maximum Gasteiger partial charge on any atom is 0.122 e. The maximum atomic E-state index is 5.70. The zero-order valence-corrected chi connectivity index (χ0v) is 10.1. The van der Waals surface area contributed by atoms with Crippen LogP contribution in [0.3, 0.4) is 0 Å². The lowest BCUT2D eigenvalue weighted by Gasteiger charge is -2.16. The van der Waals surface area contributed by atoms with Gasteiger partial charge in [0, 0.05) is 25.5 Å². The summed E-state index contributed by atoms with van der Waals surface area (Å²) in [6.07, 6.45) is 6.39. The van der Waals surface area contributed by atoms with E-state index in [1.54, 1.807) is 0 Å². The number of imidazole rings is 1. The normalized spacial score (nSPS) is 21.8. The van der Waals surface area contributed by atoms with E-state index < -0.39 is 0 Å². The van der Waals surface area contributed by atoms with Crippen LogP contribution >= 0.6 is 0 Å². The summed E-state index contributed by atoms with van der Waals surface area (Å²) >= 11 is 0. The van der Waals surface area contributed by atoms with Gasteiger partial charge in [0.05, 0.1) is 6.54 Å². The fourth-order valence-corrected chi connectivity index (χ4v) is 2.39. The molecule has 0 spiro atoms. The van der Waals surface area contributed by atoms with Crippen molar-refractivity contribution in [3.63, 3.8) is 0 Å². The molecule has 0 saturated carbocycles. The number of rotatable bonds is 5. The lowest BCUT2D eigenvalue weighted by molar-refractivity contribution is 0.304. The molecule has 4 heteroatoms. The molecular weight excluding hydrogens is 200 g/mol. The van der Waals surface area contributed by atoms with Gasteiger partial charge in [0.2, 0.25) is 0 Å². The molecule has 90 valence electrons. The molecule has 1 aromatic rings. The van der Waals surface area contributed by atoms with E-state index in [0.717, 1.165) is 32.6 Å². The van der Waals surface area contributed by atoms with Crippen LogP contribution in [0.2, 0.25) is 0 Å². The highest BCUT2D eigenvalue weighted by molar-refractivity contribution is 4.93. The summed E-state index contributed by atoms with van der Waals surface area (Å²) in [5.41, 5.74) is 5.70. The molecule has 0 bridgehead atoms. The van der Waals surface area contributed by atoms with Gasteiger partial charge in [0.15, 0.2) is 0 Å². The minimum Gasteiger partial charge on any atom is -0.334 e. The van der Waals surface area contributed by atoms with Gasteiger partial charge >= 0.3 is 0 Å². The quantitative estimate of drug-likeness (QED) is 0.811. The van der Waals surface area contributed by atoms with Crippen LogP contribution in [0.1, 0.15) is 25.6 Å². The molecule has 0 amide bonds. The summed E-state index contributed by atoms with van der Waals surface area (Å²) in [4.78, 5) is 6.90. The Hall–Kier alpha value is -0.870. The Morgan fingerprint density at radius 2 is 2.44 bits per heavy atom. The molecule has 0 aromatic carbocycles. The average Bonchev–Trinajstić information content (AvgIpc) is 2.90. The second-order valence-electron chi connectivity index (χ2n) is 4.66. The van der Waals surface area contributed by atoms with Crippen LogP contribution in [0.25, 0.3) is 0 Å². The molecule has 1 saturated heterocycles. The van der Waals surface area contributed by atoms with Crippen molar-refractivity contribution >= 4 is 0 Å². The second kappa shape index (κ2) is 5.46. The van der Waals surface area contributed by atoms with Crippen molar-refractivity contribution in [3.05, 3.63) is 18.2 Å². The molecule has 2 N–H and O–H groups in total. The smallest absolute Gasteiger partial charge is 0.122 e. The van der Waals surface area contributed by atoms with Gasteiger partial charge in [0.1, 0.15) is 5.82 Å². The van der Waals surface area contributed by atoms with Gasteiger partial charge in [-0.15, -0.1) is 0 Å². The van der Waals surface area contributed by atoms with Crippen LogP contribution in [-0.4, -0.2) is 34.1 Å². The molecule has 0 aliphatic carbocycles. The Morgan fingerprint density at radius 3 is 3.12 bits per heavy atom. The van der Waals surface area contributed by atoms with Gasteiger partial charge in [-0.3, -0.25) is 4.90 Å². The zero-order chi connectivity index (χ0) is 11.4. The zero-order valence-electron chi connectivity index (χ0n) is 10.1. The van der Waals surface area contributed by atoms with Gasteiger partial charge in [-0.2, -0.15) is 0 Å². The van der Waals surface area contributed by atoms with E-state index in [-0.39, 0.29) is 0 Å². The summed E-state index contributed by atoms with van der Waals surface area (Å²) in [6, 6.07) is 0. The van der Waals surface area contributed by atoms with Gasteiger partial charge in [-0.1, -0.05) is 6.92 Å². The highest BCUT2D eigenvalue weighted by atomic mass is 15.2. The van der Waals surface area contributed by atoms with Crippen LogP contribution in [0.15, 0.2) is 12.4 Å². The number of nitrogens with zero attached hydrogens (tertiary/aromatic N) is 3. The minimum atomic E-state index is 0.689. The third kappa shape index (κ3) is 2.62. The molecule has 1 aliphatic heterocycles. The molecule has 1 atom stereocenters. The van der Waals surface area contributed by atoms with Crippen molar-refractivity contribution in [1.82, 2.24) is 14.5 Å². The van der Waals surface area contributed by atoms with Crippen LogP contribution in [0, 0.1) is 5.92 Å². The van der Waals surface area contributed by atoms with Crippen LogP contribution in [-0.2, 0) is 13.1 Å². The highest BCUT2D eigenvalue weighted by Gasteiger charge is 2.22. The molecule has 2 rings (SSSR count). The van der Waals surface area contributed by atoms with Crippen LogP contribution in [0.5, 0.6) is 0 Å². The number of hydrogen-bond donors (Lipinski definition) is 1. The topological polar surface area (TPSA) is 47.1 Å². The first-order valence-corrected chi connectivity index (χ1v) is 6.26. The van der Waals surface area contributed by atoms with E-state index in [9.17, 15) is 0 Å². The van der Waals surface area contributed by atoms with E-state index >= 15 is 0 Å². The largest absolute Gasteiger partial charge is 0.334 e. The summed E-state index contributed by atoms with van der Waals surface area (Å²) in [5, 5.41) is 0. The van der Waals surface area contributed by atoms with Gasteiger partial charge < -0.3 is 10.3 Å². The monoisotopic (exact) mass is 222 g/mol.